The van der Waals surface area contributed by atoms with Gasteiger partial charge in [-0.05, 0) is 30.2 Å². The molecule has 2 aromatic carbocycles. The molecule has 0 amide bonds. The van der Waals surface area contributed by atoms with Gasteiger partial charge in [0.05, 0.1) is 0 Å². The van der Waals surface area contributed by atoms with Gasteiger partial charge in [0, 0.05) is 15.9 Å². The van der Waals surface area contributed by atoms with Crippen LogP contribution in [0.4, 0.5) is 0 Å². The van der Waals surface area contributed by atoms with Gasteiger partial charge in [-0.1, -0.05) is 64.5 Å². The molecular formula is C16H16BrNO2S. The third-order valence-electron chi connectivity index (χ3n) is 2.95. The van der Waals surface area contributed by atoms with Crippen molar-refractivity contribution < 1.29 is 8.42 Å². The van der Waals surface area contributed by atoms with Gasteiger partial charge >= 0.3 is 0 Å². The summed E-state index contributed by atoms with van der Waals surface area (Å²) in [6.45, 7) is 1.81. The maximum Gasteiger partial charge on any atom is 0.234 e. The monoisotopic (exact) mass is 365 g/mol. The number of hydrogen-bond acceptors (Lipinski definition) is 2. The average Bonchev–Trinajstić information content (AvgIpc) is 2.46. The molecule has 2 aromatic rings. The molecule has 0 heterocycles. The summed E-state index contributed by atoms with van der Waals surface area (Å²) in [4.78, 5) is 0. The fourth-order valence-corrected chi connectivity index (χ4v) is 3.57. The lowest BCUT2D eigenvalue weighted by molar-refractivity contribution is 0.576. The van der Waals surface area contributed by atoms with Crippen molar-refractivity contribution in [3.05, 3.63) is 75.6 Å². The highest BCUT2D eigenvalue weighted by Crippen LogP contribution is 2.23. The molecule has 21 heavy (non-hydrogen) atoms. The first-order valence-electron chi connectivity index (χ1n) is 6.48. The van der Waals surface area contributed by atoms with Crippen molar-refractivity contribution in [2.24, 2.45) is 0 Å². The third kappa shape index (κ3) is 4.81. The molecule has 2 rings (SSSR count). The average molecular weight is 366 g/mol. The minimum Gasteiger partial charge on any atom is -0.208 e. The predicted octanol–water partition coefficient (Wildman–Crippen LogP) is 4.10. The first kappa shape index (κ1) is 15.9. The van der Waals surface area contributed by atoms with Crippen molar-refractivity contribution in [3.8, 4) is 0 Å². The number of rotatable bonds is 5. The maximum absolute atomic E-state index is 12.1. The van der Waals surface area contributed by atoms with Crippen LogP contribution >= 0.6 is 15.9 Å². The van der Waals surface area contributed by atoms with E-state index >= 15 is 0 Å². The molecule has 1 atom stereocenters. The Bertz CT molecular complexity index is 727. The van der Waals surface area contributed by atoms with E-state index in [0.717, 1.165) is 15.6 Å². The predicted molar refractivity (Wildman–Crippen MR) is 90.1 cm³/mol. The van der Waals surface area contributed by atoms with Gasteiger partial charge in [0.2, 0.25) is 10.0 Å². The Hall–Kier alpha value is -1.43. The molecule has 0 radical (unpaired) electrons. The van der Waals surface area contributed by atoms with E-state index < -0.39 is 10.0 Å². The quantitative estimate of drug-likeness (QED) is 0.866. The van der Waals surface area contributed by atoms with E-state index in [-0.39, 0.29) is 6.04 Å². The van der Waals surface area contributed by atoms with E-state index in [2.05, 4.69) is 20.7 Å². The van der Waals surface area contributed by atoms with Crippen molar-refractivity contribution in [3.63, 3.8) is 0 Å². The maximum atomic E-state index is 12.1. The van der Waals surface area contributed by atoms with E-state index in [1.165, 1.54) is 5.41 Å². The molecule has 0 saturated carbocycles. The van der Waals surface area contributed by atoms with Crippen molar-refractivity contribution in [1.29, 1.82) is 0 Å². The van der Waals surface area contributed by atoms with Gasteiger partial charge in [-0.3, -0.25) is 0 Å². The molecule has 1 N–H and O–H groups in total. The highest BCUT2D eigenvalue weighted by atomic mass is 79.9. The highest BCUT2D eigenvalue weighted by Gasteiger charge is 2.14. The summed E-state index contributed by atoms with van der Waals surface area (Å²) in [5.41, 5.74) is 1.74. The minimum absolute atomic E-state index is 0.314. The molecule has 0 aromatic heterocycles. The highest BCUT2D eigenvalue weighted by molar-refractivity contribution is 9.10. The Balaban J connectivity index is 2.11. The van der Waals surface area contributed by atoms with Crippen LogP contribution in [-0.2, 0) is 10.0 Å². The van der Waals surface area contributed by atoms with Crippen molar-refractivity contribution in [2.45, 2.75) is 13.0 Å². The summed E-state index contributed by atoms with van der Waals surface area (Å²) in [6.07, 6.45) is 1.58. The van der Waals surface area contributed by atoms with Crippen molar-refractivity contribution in [1.82, 2.24) is 4.72 Å². The molecule has 0 fully saturated rings. The minimum atomic E-state index is -3.50. The molecule has 0 spiro atoms. The smallest absolute Gasteiger partial charge is 0.208 e. The van der Waals surface area contributed by atoms with Crippen LogP contribution < -0.4 is 4.72 Å². The normalized spacial score (nSPS) is 13.4. The number of benzene rings is 2. The van der Waals surface area contributed by atoms with Gasteiger partial charge < -0.3 is 0 Å². The summed E-state index contributed by atoms with van der Waals surface area (Å²) in [7, 11) is -3.50. The zero-order valence-corrected chi connectivity index (χ0v) is 13.9. The van der Waals surface area contributed by atoms with E-state index in [9.17, 15) is 8.42 Å². The summed E-state index contributed by atoms with van der Waals surface area (Å²) >= 11 is 3.43. The van der Waals surface area contributed by atoms with Crippen LogP contribution in [0.15, 0.2) is 64.5 Å². The fourth-order valence-electron chi connectivity index (χ4n) is 1.91. The first-order valence-corrected chi connectivity index (χ1v) is 8.82. The fraction of sp³-hybridized carbons (Fsp3) is 0.125. The van der Waals surface area contributed by atoms with Crippen LogP contribution in [0.3, 0.4) is 0 Å². The molecule has 0 aliphatic rings. The lowest BCUT2D eigenvalue weighted by Crippen LogP contribution is -2.25. The van der Waals surface area contributed by atoms with Crippen LogP contribution in [0.1, 0.15) is 24.1 Å². The standard InChI is InChI=1S/C16H16BrNO2S/c1-13(15-9-5-6-10-16(15)17)18-21(19,20)12-11-14-7-3-2-4-8-14/h2-13,18H,1H3/b12-11+. The van der Waals surface area contributed by atoms with Gasteiger partial charge in [0.1, 0.15) is 0 Å². The Morgan fingerprint density at radius 3 is 2.33 bits per heavy atom. The van der Waals surface area contributed by atoms with Gasteiger partial charge in [0.15, 0.2) is 0 Å². The molecule has 1 unspecified atom stereocenters. The summed E-state index contributed by atoms with van der Waals surface area (Å²) in [5.74, 6) is 0. The molecule has 3 nitrogen and oxygen atoms in total. The van der Waals surface area contributed by atoms with Gasteiger partial charge in [-0.15, -0.1) is 0 Å². The van der Waals surface area contributed by atoms with E-state index in [0.29, 0.717) is 0 Å². The Labute approximate surface area is 133 Å². The van der Waals surface area contributed by atoms with E-state index in [4.69, 9.17) is 0 Å². The largest absolute Gasteiger partial charge is 0.234 e. The van der Waals surface area contributed by atoms with Crippen LogP contribution in [0.2, 0.25) is 0 Å². The molecule has 0 aliphatic carbocycles. The SMILES string of the molecule is CC(NS(=O)(=O)/C=C/c1ccccc1)c1ccccc1Br. The summed E-state index contributed by atoms with van der Waals surface area (Å²) in [6, 6.07) is 16.6. The number of hydrogen-bond donors (Lipinski definition) is 1. The zero-order chi connectivity index (χ0) is 15.3. The van der Waals surface area contributed by atoms with Crippen LogP contribution in [0.5, 0.6) is 0 Å². The second kappa shape index (κ2) is 7.02. The topological polar surface area (TPSA) is 46.2 Å². The molecular weight excluding hydrogens is 350 g/mol. The van der Waals surface area contributed by atoms with Gasteiger partial charge in [-0.2, -0.15) is 0 Å². The number of nitrogens with one attached hydrogen (secondary N) is 1. The van der Waals surface area contributed by atoms with Gasteiger partial charge in [0.25, 0.3) is 0 Å². The van der Waals surface area contributed by atoms with E-state index in [1.807, 2.05) is 61.5 Å². The zero-order valence-electron chi connectivity index (χ0n) is 11.5. The molecule has 0 bridgehead atoms. The Morgan fingerprint density at radius 1 is 1.05 bits per heavy atom. The first-order chi connectivity index (χ1) is 9.98. The van der Waals surface area contributed by atoms with Crippen LogP contribution in [0, 0.1) is 0 Å². The second-order valence-electron chi connectivity index (χ2n) is 4.62. The van der Waals surface area contributed by atoms with Crippen LogP contribution in [0.25, 0.3) is 6.08 Å². The molecule has 110 valence electrons. The lowest BCUT2D eigenvalue weighted by atomic mass is 10.1. The summed E-state index contributed by atoms with van der Waals surface area (Å²) in [5, 5.41) is 1.19. The third-order valence-corrected chi connectivity index (χ3v) is 4.85. The Morgan fingerprint density at radius 2 is 1.67 bits per heavy atom. The Kier molecular flexibility index (Phi) is 5.33. The lowest BCUT2D eigenvalue weighted by Gasteiger charge is -2.14. The summed E-state index contributed by atoms with van der Waals surface area (Å²) < 4.78 is 27.7. The van der Waals surface area contributed by atoms with E-state index in [1.54, 1.807) is 6.08 Å². The van der Waals surface area contributed by atoms with Crippen molar-refractivity contribution >= 4 is 32.0 Å². The molecule has 0 aliphatic heterocycles. The second-order valence-corrected chi connectivity index (χ2v) is 7.07. The number of halogens is 1. The number of sulfonamides is 1. The van der Waals surface area contributed by atoms with Crippen molar-refractivity contribution in [2.75, 3.05) is 0 Å². The van der Waals surface area contributed by atoms with Gasteiger partial charge in [-0.25, -0.2) is 13.1 Å². The molecule has 0 saturated heterocycles. The van der Waals surface area contributed by atoms with Crippen LogP contribution in [-0.4, -0.2) is 8.42 Å². The molecule has 5 heteroatoms.